The summed E-state index contributed by atoms with van der Waals surface area (Å²) in [6.07, 6.45) is -0.394. The minimum absolute atomic E-state index is 0.0198. The first-order valence-electron chi connectivity index (χ1n) is 13.4. The molecule has 8 heteroatoms. The maximum Gasteiger partial charge on any atom is 0.257 e. The van der Waals surface area contributed by atoms with Crippen LogP contribution in [0.15, 0.2) is 78.9 Å². The summed E-state index contributed by atoms with van der Waals surface area (Å²) < 4.78 is 26.3. The number of fused-ring (bicyclic) bond motifs is 1. The third kappa shape index (κ3) is 6.71. The zero-order chi connectivity index (χ0) is 27.2. The molecule has 0 aromatic heterocycles. The summed E-state index contributed by atoms with van der Waals surface area (Å²) in [4.78, 5) is 27.5. The van der Waals surface area contributed by atoms with Gasteiger partial charge in [-0.05, 0) is 41.7 Å². The number of benzene rings is 3. The number of amides is 2. The van der Waals surface area contributed by atoms with E-state index >= 15 is 0 Å². The fourth-order valence-corrected chi connectivity index (χ4v) is 5.29. The molecule has 0 unspecified atom stereocenters. The largest absolute Gasteiger partial charge is 0.389 e. The molecular weight excluding hydrogens is 499 g/mol. The lowest BCUT2D eigenvalue weighted by atomic mass is 9.94. The highest BCUT2D eigenvalue weighted by molar-refractivity contribution is 5.94. The molecule has 2 fully saturated rings. The van der Waals surface area contributed by atoms with Crippen LogP contribution < -0.4 is 5.32 Å². The highest BCUT2D eigenvalue weighted by Gasteiger charge is 2.40. The van der Waals surface area contributed by atoms with Crippen molar-refractivity contribution in [3.05, 3.63) is 95.8 Å². The van der Waals surface area contributed by atoms with Crippen molar-refractivity contribution in [3.8, 4) is 11.1 Å². The molecule has 7 nitrogen and oxygen atoms in total. The van der Waals surface area contributed by atoms with Gasteiger partial charge in [0.2, 0.25) is 5.91 Å². The summed E-state index contributed by atoms with van der Waals surface area (Å²) in [7, 11) is 0. The third-order valence-corrected chi connectivity index (χ3v) is 7.31. The monoisotopic (exact) mass is 532 g/mol. The zero-order valence-electron chi connectivity index (χ0n) is 21.7. The van der Waals surface area contributed by atoms with E-state index in [1.165, 1.54) is 23.1 Å². The molecule has 4 atom stereocenters. The molecule has 2 saturated heterocycles. The molecule has 2 aliphatic heterocycles. The lowest BCUT2D eigenvalue weighted by molar-refractivity contribution is -0.151. The first-order valence-corrected chi connectivity index (χ1v) is 13.4. The molecule has 204 valence electrons. The van der Waals surface area contributed by atoms with Gasteiger partial charge in [0.25, 0.3) is 5.91 Å². The number of aliphatic hydroxyl groups excluding tert-OH is 1. The van der Waals surface area contributed by atoms with Gasteiger partial charge in [-0.1, -0.05) is 66.7 Å². The molecule has 0 bridgehead atoms. The molecule has 2 N–H and O–H groups in total. The second-order valence-electron chi connectivity index (χ2n) is 10.1. The van der Waals surface area contributed by atoms with Crippen LogP contribution in [0, 0.1) is 5.82 Å². The number of hydrogen-bond donors (Lipinski definition) is 2. The number of rotatable bonds is 6. The van der Waals surface area contributed by atoms with Crippen LogP contribution in [0.5, 0.6) is 0 Å². The molecule has 2 heterocycles. The Labute approximate surface area is 227 Å². The number of halogens is 1. The standard InChI is InChI=1S/C31H33FN2O5/c32-27-9-5-4-8-26(27)31(37)34-18-24(35)19-38-20-29-28(34)15-14-25(39-29)16-30(36)33-17-21-10-12-23(13-11-21)22-6-2-1-3-7-22/h1-13,24-25,28-29,35H,14-20H2,(H,33,36)/t24-,25-,28+,29-/m0/s1. The van der Waals surface area contributed by atoms with E-state index in [-0.39, 0.29) is 43.8 Å². The SMILES string of the molecule is O=C(C[C@@H]1CC[C@@H]2[C@H](COC[C@@H](O)CN2C(=O)c2ccccc2F)O1)NCc1ccc(-c2ccccc2)cc1. The Balaban J connectivity index is 1.17. The van der Waals surface area contributed by atoms with E-state index in [0.29, 0.717) is 19.4 Å². The average molecular weight is 533 g/mol. The van der Waals surface area contributed by atoms with Gasteiger partial charge < -0.3 is 24.8 Å². The number of aliphatic hydroxyl groups is 1. The Kier molecular flexibility index (Phi) is 8.66. The summed E-state index contributed by atoms with van der Waals surface area (Å²) in [5.41, 5.74) is 3.22. The van der Waals surface area contributed by atoms with E-state index in [1.54, 1.807) is 6.07 Å². The number of β-amino-alcohol motifs (C(OH)–C–C–N with tert-alkyl or cyclic N) is 1. The van der Waals surface area contributed by atoms with Crippen LogP contribution >= 0.6 is 0 Å². The number of ether oxygens (including phenoxy) is 2. The molecule has 0 aliphatic carbocycles. The minimum atomic E-state index is -0.882. The normalized spacial score (nSPS) is 23.3. The fraction of sp³-hybridized carbons (Fsp3) is 0.355. The molecule has 3 aromatic rings. The van der Waals surface area contributed by atoms with E-state index in [2.05, 4.69) is 17.4 Å². The van der Waals surface area contributed by atoms with E-state index in [9.17, 15) is 19.1 Å². The summed E-state index contributed by atoms with van der Waals surface area (Å²) in [5, 5.41) is 13.3. The summed E-state index contributed by atoms with van der Waals surface area (Å²) in [5.74, 6) is -1.21. The van der Waals surface area contributed by atoms with Crippen LogP contribution in [0.3, 0.4) is 0 Å². The van der Waals surface area contributed by atoms with Crippen molar-refractivity contribution in [2.24, 2.45) is 0 Å². The molecule has 0 spiro atoms. The number of nitrogens with one attached hydrogen (secondary N) is 1. The van der Waals surface area contributed by atoms with Gasteiger partial charge in [0, 0.05) is 13.1 Å². The van der Waals surface area contributed by atoms with Crippen molar-refractivity contribution in [2.45, 2.75) is 50.2 Å². The Hall–Kier alpha value is -3.59. The van der Waals surface area contributed by atoms with Gasteiger partial charge in [0.15, 0.2) is 0 Å². The summed E-state index contributed by atoms with van der Waals surface area (Å²) in [6, 6.07) is 23.7. The van der Waals surface area contributed by atoms with Crippen molar-refractivity contribution in [3.63, 3.8) is 0 Å². The van der Waals surface area contributed by atoms with Crippen molar-refractivity contribution in [1.82, 2.24) is 10.2 Å². The molecule has 2 aliphatic rings. The van der Waals surface area contributed by atoms with Gasteiger partial charge in [0.05, 0.1) is 43.4 Å². The van der Waals surface area contributed by atoms with E-state index in [0.717, 1.165) is 16.7 Å². The summed E-state index contributed by atoms with van der Waals surface area (Å²) >= 11 is 0. The molecule has 3 aromatic carbocycles. The van der Waals surface area contributed by atoms with Gasteiger partial charge in [0.1, 0.15) is 11.9 Å². The van der Waals surface area contributed by atoms with E-state index in [1.807, 2.05) is 42.5 Å². The number of carbonyl (C=O) groups excluding carboxylic acids is 2. The quantitative estimate of drug-likeness (QED) is 0.502. The van der Waals surface area contributed by atoms with Crippen LogP contribution in [0.1, 0.15) is 35.2 Å². The number of hydrogen-bond acceptors (Lipinski definition) is 5. The molecular formula is C31H33FN2O5. The highest BCUT2D eigenvalue weighted by Crippen LogP contribution is 2.29. The number of carbonyl (C=O) groups is 2. The summed E-state index contributed by atoms with van der Waals surface area (Å²) in [6.45, 7) is 0.654. The minimum Gasteiger partial charge on any atom is -0.389 e. The predicted octanol–water partition coefficient (Wildman–Crippen LogP) is 3.95. The molecule has 0 saturated carbocycles. The Morgan fingerprint density at radius 1 is 0.923 bits per heavy atom. The lowest BCUT2D eigenvalue weighted by Crippen LogP contribution is -2.57. The van der Waals surface area contributed by atoms with Gasteiger partial charge in [-0.2, -0.15) is 0 Å². The van der Waals surface area contributed by atoms with Gasteiger partial charge >= 0.3 is 0 Å². The maximum atomic E-state index is 14.4. The number of nitrogens with zero attached hydrogens (tertiary/aromatic N) is 1. The second kappa shape index (κ2) is 12.5. The van der Waals surface area contributed by atoms with Crippen molar-refractivity contribution < 1.29 is 28.6 Å². The first kappa shape index (κ1) is 27.0. The lowest BCUT2D eigenvalue weighted by Gasteiger charge is -2.44. The van der Waals surface area contributed by atoms with Crippen LogP contribution in [-0.2, 0) is 20.8 Å². The fourth-order valence-electron chi connectivity index (χ4n) is 5.29. The van der Waals surface area contributed by atoms with Crippen LogP contribution in [0.2, 0.25) is 0 Å². The second-order valence-corrected chi connectivity index (χ2v) is 10.1. The van der Waals surface area contributed by atoms with Gasteiger partial charge in [-0.25, -0.2) is 4.39 Å². The average Bonchev–Trinajstić information content (AvgIpc) is 2.95. The Bertz CT molecular complexity index is 1270. The smallest absolute Gasteiger partial charge is 0.257 e. The first-order chi connectivity index (χ1) is 19.0. The molecule has 0 radical (unpaired) electrons. The molecule has 2 amide bonds. The van der Waals surface area contributed by atoms with Crippen LogP contribution in [0.25, 0.3) is 11.1 Å². The zero-order valence-corrected chi connectivity index (χ0v) is 21.7. The maximum absolute atomic E-state index is 14.4. The van der Waals surface area contributed by atoms with Crippen LogP contribution in [0.4, 0.5) is 4.39 Å². The van der Waals surface area contributed by atoms with Gasteiger partial charge in [-0.15, -0.1) is 0 Å². The third-order valence-electron chi connectivity index (χ3n) is 7.31. The van der Waals surface area contributed by atoms with Gasteiger partial charge in [-0.3, -0.25) is 9.59 Å². The molecule has 5 rings (SSSR count). The Morgan fingerprint density at radius 3 is 2.41 bits per heavy atom. The van der Waals surface area contributed by atoms with Crippen molar-refractivity contribution in [1.29, 1.82) is 0 Å². The van der Waals surface area contributed by atoms with E-state index in [4.69, 9.17) is 9.47 Å². The van der Waals surface area contributed by atoms with E-state index < -0.39 is 30.0 Å². The molecule has 39 heavy (non-hydrogen) atoms. The van der Waals surface area contributed by atoms with Crippen molar-refractivity contribution in [2.75, 3.05) is 19.8 Å². The van der Waals surface area contributed by atoms with Crippen LogP contribution in [-0.4, -0.2) is 65.9 Å². The Morgan fingerprint density at radius 2 is 1.64 bits per heavy atom. The van der Waals surface area contributed by atoms with Crippen molar-refractivity contribution >= 4 is 11.8 Å². The topological polar surface area (TPSA) is 88.1 Å². The predicted molar refractivity (Wildman–Crippen MR) is 144 cm³/mol. The highest BCUT2D eigenvalue weighted by atomic mass is 19.1.